The predicted octanol–water partition coefficient (Wildman–Crippen LogP) is 4.76. The third-order valence-corrected chi connectivity index (χ3v) is 8.34. The number of aryl methyl sites for hydroxylation is 1. The first-order valence-electron chi connectivity index (χ1n) is 14.7. The van der Waals surface area contributed by atoms with Gasteiger partial charge >= 0.3 is 0 Å². The second-order valence-corrected chi connectivity index (χ2v) is 14.1. The topological polar surface area (TPSA) is 142 Å². The highest BCUT2D eigenvalue weighted by atomic mass is 32.2. The van der Waals surface area contributed by atoms with Crippen LogP contribution in [0.1, 0.15) is 42.3 Å². The summed E-state index contributed by atoms with van der Waals surface area (Å²) in [6.07, 6.45) is 2.56. The average molecular weight is 633 g/mol. The number of methoxy groups -OCH3 is 1. The Morgan fingerprint density at radius 1 is 0.956 bits per heavy atom. The van der Waals surface area contributed by atoms with Crippen LogP contribution in [0, 0.1) is 6.92 Å². The van der Waals surface area contributed by atoms with E-state index in [1.54, 1.807) is 24.3 Å². The molecule has 1 aliphatic heterocycles. The molecule has 0 saturated carbocycles. The molecule has 1 fully saturated rings. The first-order valence-corrected chi connectivity index (χ1v) is 16.6. The van der Waals surface area contributed by atoms with Crippen molar-refractivity contribution < 1.29 is 17.9 Å². The molecule has 1 aliphatic rings. The largest absolute Gasteiger partial charge is 0.492 e. The third-order valence-electron chi connectivity index (χ3n) is 7.75. The molecule has 4 aromatic rings. The van der Waals surface area contributed by atoms with E-state index in [0.717, 1.165) is 49.4 Å². The highest BCUT2D eigenvalue weighted by Crippen LogP contribution is 2.39. The van der Waals surface area contributed by atoms with E-state index in [2.05, 4.69) is 42.2 Å². The van der Waals surface area contributed by atoms with Crippen LogP contribution in [0.15, 0.2) is 48.8 Å². The van der Waals surface area contributed by atoms with Crippen molar-refractivity contribution in [3.05, 3.63) is 65.5 Å². The maximum absolute atomic E-state index is 13.6. The van der Waals surface area contributed by atoms with Gasteiger partial charge in [0.2, 0.25) is 10.0 Å². The first-order chi connectivity index (χ1) is 21.2. The van der Waals surface area contributed by atoms with Crippen molar-refractivity contribution in [1.82, 2.24) is 19.9 Å². The number of fused-ring (bicyclic) bond motifs is 1. The fraction of sp³-hybridized carbons (Fsp3) is 0.375. The number of benzene rings is 2. The van der Waals surface area contributed by atoms with Crippen LogP contribution < -0.4 is 25.0 Å². The van der Waals surface area contributed by atoms with Crippen LogP contribution >= 0.6 is 0 Å². The van der Waals surface area contributed by atoms with Crippen molar-refractivity contribution >= 4 is 55.7 Å². The Morgan fingerprint density at radius 2 is 1.67 bits per heavy atom. The number of carbonyl (C=O) groups excluding carboxylic acids is 1. The summed E-state index contributed by atoms with van der Waals surface area (Å²) in [5.41, 5.74) is 4.39. The van der Waals surface area contributed by atoms with E-state index in [-0.39, 0.29) is 16.9 Å². The zero-order valence-corrected chi connectivity index (χ0v) is 27.5. The second-order valence-electron chi connectivity index (χ2n) is 12.4. The van der Waals surface area contributed by atoms with E-state index >= 15 is 0 Å². The number of anilines is 5. The number of sulfonamides is 1. The molecule has 0 bridgehead atoms. The molecular weight excluding hydrogens is 592 g/mol. The Morgan fingerprint density at radius 3 is 2.33 bits per heavy atom. The Balaban J connectivity index is 1.46. The number of rotatable bonds is 8. The van der Waals surface area contributed by atoms with Gasteiger partial charge in [-0.25, -0.2) is 23.4 Å². The number of carbonyl (C=O) groups is 1. The SMILES string of the molecule is COc1c(NC(=O)c2ccc(C)c(Nc3ncnc4ccc(N5CCN(C)CC5)nc34)c2)cc(C(C)(C)C)cc1NS(C)(=O)=O. The van der Waals surface area contributed by atoms with Crippen molar-refractivity contribution in [3.63, 3.8) is 0 Å². The number of likely N-dealkylation sites (N-methyl/N-ethyl adjacent to an activating group) is 1. The van der Waals surface area contributed by atoms with E-state index in [0.29, 0.717) is 33.8 Å². The molecule has 0 radical (unpaired) electrons. The number of amides is 1. The van der Waals surface area contributed by atoms with Gasteiger partial charge in [0, 0.05) is 37.4 Å². The van der Waals surface area contributed by atoms with E-state index in [1.807, 2.05) is 45.9 Å². The van der Waals surface area contributed by atoms with Gasteiger partial charge in [-0.2, -0.15) is 0 Å². The number of aromatic nitrogens is 3. The maximum Gasteiger partial charge on any atom is 0.255 e. The van der Waals surface area contributed by atoms with Gasteiger partial charge in [0.05, 0.1) is 30.3 Å². The van der Waals surface area contributed by atoms with Gasteiger partial charge in [0.25, 0.3) is 5.91 Å². The minimum absolute atomic E-state index is 0.210. The molecule has 1 amide bonds. The quantitative estimate of drug-likeness (QED) is 0.249. The molecule has 3 N–H and O–H groups in total. The number of piperazine rings is 1. The smallest absolute Gasteiger partial charge is 0.255 e. The number of ether oxygens (including phenoxy) is 1. The Labute approximate surface area is 264 Å². The molecule has 2 aromatic carbocycles. The summed E-state index contributed by atoms with van der Waals surface area (Å²) in [4.78, 5) is 32.0. The average Bonchev–Trinajstić information content (AvgIpc) is 2.97. The van der Waals surface area contributed by atoms with Crippen molar-refractivity contribution in [3.8, 4) is 5.75 Å². The first kappa shape index (κ1) is 31.9. The van der Waals surface area contributed by atoms with Gasteiger partial charge in [-0.15, -0.1) is 0 Å². The number of hydrogen-bond donors (Lipinski definition) is 3. The molecular formula is C32H40N8O4S. The van der Waals surface area contributed by atoms with Crippen LogP contribution in [0.2, 0.25) is 0 Å². The minimum Gasteiger partial charge on any atom is -0.492 e. The number of hydrogen-bond acceptors (Lipinski definition) is 10. The normalized spacial score (nSPS) is 14.3. The summed E-state index contributed by atoms with van der Waals surface area (Å²) < 4.78 is 32.3. The van der Waals surface area contributed by atoms with E-state index < -0.39 is 15.9 Å². The molecule has 0 unspecified atom stereocenters. The lowest BCUT2D eigenvalue weighted by Crippen LogP contribution is -2.44. The molecule has 3 heterocycles. The number of pyridine rings is 1. The van der Waals surface area contributed by atoms with E-state index in [9.17, 15) is 13.2 Å². The predicted molar refractivity (Wildman–Crippen MR) is 180 cm³/mol. The van der Waals surface area contributed by atoms with Crippen molar-refractivity contribution in [2.75, 3.05) is 66.8 Å². The van der Waals surface area contributed by atoms with E-state index in [1.165, 1.54) is 13.4 Å². The summed E-state index contributed by atoms with van der Waals surface area (Å²) >= 11 is 0. The van der Waals surface area contributed by atoms with Crippen LogP contribution in [0.25, 0.3) is 11.0 Å². The Kier molecular flexibility index (Phi) is 8.86. The van der Waals surface area contributed by atoms with Gasteiger partial charge in [-0.05, 0) is 66.9 Å². The van der Waals surface area contributed by atoms with Gasteiger partial charge in [0.15, 0.2) is 11.6 Å². The van der Waals surface area contributed by atoms with E-state index in [4.69, 9.17) is 9.72 Å². The molecule has 2 aromatic heterocycles. The van der Waals surface area contributed by atoms with Crippen molar-refractivity contribution in [2.24, 2.45) is 0 Å². The lowest BCUT2D eigenvalue weighted by molar-refractivity contribution is 0.102. The lowest BCUT2D eigenvalue weighted by Gasteiger charge is -2.33. The molecule has 5 rings (SSSR count). The molecule has 13 heteroatoms. The highest BCUT2D eigenvalue weighted by molar-refractivity contribution is 7.92. The molecule has 1 saturated heterocycles. The molecule has 45 heavy (non-hydrogen) atoms. The second kappa shape index (κ2) is 12.5. The van der Waals surface area contributed by atoms with Gasteiger partial charge in [-0.3, -0.25) is 9.52 Å². The number of nitrogens with one attached hydrogen (secondary N) is 3. The molecule has 0 spiro atoms. The fourth-order valence-electron chi connectivity index (χ4n) is 5.10. The molecule has 12 nitrogen and oxygen atoms in total. The van der Waals surface area contributed by atoms with Crippen LogP contribution in [0.5, 0.6) is 5.75 Å². The van der Waals surface area contributed by atoms with Crippen LogP contribution in [-0.2, 0) is 15.4 Å². The van der Waals surface area contributed by atoms with Crippen LogP contribution in [0.4, 0.5) is 28.7 Å². The summed E-state index contributed by atoms with van der Waals surface area (Å²) in [5.74, 6) is 1.22. The maximum atomic E-state index is 13.6. The van der Waals surface area contributed by atoms with Crippen LogP contribution in [-0.4, -0.2) is 80.8 Å². The standard InChI is InChI=1S/C32H40N8O4S/c1-20-8-9-21(31(41)36-25-17-22(32(2,3)4)18-26(29(25)44-6)38-45(7,42)43)16-24(20)35-30-28-23(33-19-34-30)10-11-27(37-28)40-14-12-39(5)13-15-40/h8-11,16-19,38H,12-15H2,1-7H3,(H,36,41)(H,33,34,35). The zero-order valence-electron chi connectivity index (χ0n) is 26.7. The number of nitrogens with zero attached hydrogens (tertiary/aromatic N) is 5. The van der Waals surface area contributed by atoms with Crippen molar-refractivity contribution in [1.29, 1.82) is 0 Å². The van der Waals surface area contributed by atoms with Gasteiger partial charge < -0.3 is 25.2 Å². The lowest BCUT2D eigenvalue weighted by atomic mass is 9.86. The summed E-state index contributed by atoms with van der Waals surface area (Å²) in [5, 5.41) is 6.31. The zero-order chi connectivity index (χ0) is 32.5. The van der Waals surface area contributed by atoms with Gasteiger partial charge in [0.1, 0.15) is 17.7 Å². The van der Waals surface area contributed by atoms with Gasteiger partial charge in [-0.1, -0.05) is 26.8 Å². The Bertz CT molecular complexity index is 1850. The summed E-state index contributed by atoms with van der Waals surface area (Å²) in [7, 11) is -0.0631. The van der Waals surface area contributed by atoms with Crippen LogP contribution in [0.3, 0.4) is 0 Å². The fourth-order valence-corrected chi connectivity index (χ4v) is 5.65. The Hall–Kier alpha value is -4.49. The summed E-state index contributed by atoms with van der Waals surface area (Å²) in [6.45, 7) is 11.6. The molecule has 0 atom stereocenters. The molecule has 238 valence electrons. The monoisotopic (exact) mass is 632 g/mol. The molecule has 0 aliphatic carbocycles. The minimum atomic E-state index is -3.61. The highest BCUT2D eigenvalue weighted by Gasteiger charge is 2.23. The summed E-state index contributed by atoms with van der Waals surface area (Å²) in [6, 6.07) is 12.8. The third kappa shape index (κ3) is 7.43. The van der Waals surface area contributed by atoms with Crippen molar-refractivity contribution in [2.45, 2.75) is 33.1 Å².